The zero-order valence-corrected chi connectivity index (χ0v) is 15.7. The maximum atomic E-state index is 12.7. The predicted octanol–water partition coefficient (Wildman–Crippen LogP) is 3.33. The molecule has 0 amide bonds. The van der Waals surface area contributed by atoms with Crippen LogP contribution in [-0.2, 0) is 14.3 Å². The second-order valence-electron chi connectivity index (χ2n) is 5.96. The summed E-state index contributed by atoms with van der Waals surface area (Å²) in [5.41, 5.74) is 8.43. The summed E-state index contributed by atoms with van der Waals surface area (Å²) in [6.45, 7) is 7.12. The standard InChI is InChI=1S/C19H25ClN2O3/c1-4-25-19(23)18-16(11-24-10-9-21)22-13(3)12(2)17(18)14-7-5-6-8-15(14)20/h5-8,12,17H,4,9-11,21H2,1-3H3. The van der Waals surface area contributed by atoms with Crippen LogP contribution < -0.4 is 5.73 Å². The van der Waals surface area contributed by atoms with Gasteiger partial charge in [0.15, 0.2) is 0 Å². The average molecular weight is 365 g/mol. The highest BCUT2D eigenvalue weighted by atomic mass is 35.5. The monoisotopic (exact) mass is 364 g/mol. The number of carbonyl (C=O) groups excluding carboxylic acids is 1. The van der Waals surface area contributed by atoms with Crippen molar-refractivity contribution >= 4 is 23.3 Å². The van der Waals surface area contributed by atoms with Gasteiger partial charge in [0, 0.05) is 29.1 Å². The molecule has 5 nitrogen and oxygen atoms in total. The summed E-state index contributed by atoms with van der Waals surface area (Å²) in [7, 11) is 0. The van der Waals surface area contributed by atoms with Crippen LogP contribution >= 0.6 is 11.6 Å². The minimum Gasteiger partial charge on any atom is -0.463 e. The van der Waals surface area contributed by atoms with Crippen LogP contribution in [0, 0.1) is 5.92 Å². The van der Waals surface area contributed by atoms with Crippen molar-refractivity contribution in [3.05, 3.63) is 46.1 Å². The molecule has 136 valence electrons. The fourth-order valence-electron chi connectivity index (χ4n) is 3.01. The Hall–Kier alpha value is -1.69. The lowest BCUT2D eigenvalue weighted by molar-refractivity contribution is -0.139. The lowest BCUT2D eigenvalue weighted by atomic mass is 9.76. The highest BCUT2D eigenvalue weighted by Gasteiger charge is 2.37. The first-order chi connectivity index (χ1) is 12.0. The van der Waals surface area contributed by atoms with Crippen molar-refractivity contribution < 1.29 is 14.3 Å². The third kappa shape index (κ3) is 4.48. The quantitative estimate of drug-likeness (QED) is 0.595. The first-order valence-corrected chi connectivity index (χ1v) is 8.86. The molecule has 1 heterocycles. The van der Waals surface area contributed by atoms with Gasteiger partial charge in [-0.2, -0.15) is 0 Å². The van der Waals surface area contributed by atoms with E-state index in [9.17, 15) is 4.79 Å². The van der Waals surface area contributed by atoms with E-state index in [4.69, 9.17) is 26.8 Å². The normalized spacial score (nSPS) is 20.4. The maximum absolute atomic E-state index is 12.7. The highest BCUT2D eigenvalue weighted by Crippen LogP contribution is 2.41. The molecule has 1 aliphatic heterocycles. The third-order valence-corrected chi connectivity index (χ3v) is 4.67. The molecule has 0 aromatic heterocycles. The summed E-state index contributed by atoms with van der Waals surface area (Å²) in [6, 6.07) is 7.57. The van der Waals surface area contributed by atoms with Crippen LogP contribution in [0.2, 0.25) is 5.02 Å². The number of hydrogen-bond donors (Lipinski definition) is 1. The summed E-state index contributed by atoms with van der Waals surface area (Å²) >= 11 is 6.43. The molecule has 2 unspecified atom stereocenters. The molecule has 1 aliphatic rings. The molecule has 25 heavy (non-hydrogen) atoms. The largest absolute Gasteiger partial charge is 0.463 e. The summed E-state index contributed by atoms with van der Waals surface area (Å²) in [4.78, 5) is 17.3. The van der Waals surface area contributed by atoms with Gasteiger partial charge in [-0.1, -0.05) is 36.7 Å². The Morgan fingerprint density at radius 1 is 1.36 bits per heavy atom. The van der Waals surface area contributed by atoms with Crippen molar-refractivity contribution in [2.24, 2.45) is 16.6 Å². The Balaban J connectivity index is 2.54. The Labute approximate surface area is 153 Å². The van der Waals surface area contributed by atoms with E-state index in [0.717, 1.165) is 11.3 Å². The summed E-state index contributed by atoms with van der Waals surface area (Å²) in [6.07, 6.45) is 0. The van der Waals surface area contributed by atoms with Gasteiger partial charge in [0.1, 0.15) is 0 Å². The zero-order valence-electron chi connectivity index (χ0n) is 14.9. The number of esters is 1. The minimum absolute atomic E-state index is 0.0255. The molecule has 2 N–H and O–H groups in total. The van der Waals surface area contributed by atoms with Gasteiger partial charge in [-0.25, -0.2) is 4.79 Å². The Morgan fingerprint density at radius 2 is 2.08 bits per heavy atom. The Bertz CT molecular complexity index is 685. The van der Waals surface area contributed by atoms with Crippen LogP contribution in [0.15, 0.2) is 40.5 Å². The van der Waals surface area contributed by atoms with Crippen LogP contribution in [0.4, 0.5) is 0 Å². The first kappa shape index (κ1) is 19.6. The summed E-state index contributed by atoms with van der Waals surface area (Å²) < 4.78 is 10.9. The molecule has 6 heteroatoms. The van der Waals surface area contributed by atoms with Gasteiger partial charge in [-0.3, -0.25) is 4.99 Å². The number of benzene rings is 1. The molecule has 1 aromatic carbocycles. The summed E-state index contributed by atoms with van der Waals surface area (Å²) in [5, 5.41) is 0.623. The van der Waals surface area contributed by atoms with Crippen molar-refractivity contribution in [2.75, 3.05) is 26.4 Å². The first-order valence-electron chi connectivity index (χ1n) is 8.48. The fourth-order valence-corrected chi connectivity index (χ4v) is 3.27. The van der Waals surface area contributed by atoms with Gasteiger partial charge < -0.3 is 15.2 Å². The fraction of sp³-hybridized carbons (Fsp3) is 0.474. The van der Waals surface area contributed by atoms with Crippen molar-refractivity contribution in [1.82, 2.24) is 0 Å². The SMILES string of the molecule is CCOC(=O)C1=C(COCCN)N=C(C)C(C)C1c1ccccc1Cl. The summed E-state index contributed by atoms with van der Waals surface area (Å²) in [5.74, 6) is -0.568. The number of carbonyl (C=O) groups is 1. The van der Waals surface area contributed by atoms with Gasteiger partial charge in [-0.05, 0) is 25.5 Å². The number of halogens is 1. The molecular weight excluding hydrogens is 340 g/mol. The molecule has 0 saturated heterocycles. The van der Waals surface area contributed by atoms with Crippen LogP contribution in [-0.4, -0.2) is 38.0 Å². The van der Waals surface area contributed by atoms with Gasteiger partial charge in [0.25, 0.3) is 0 Å². The molecular formula is C19H25ClN2O3. The molecule has 0 bridgehead atoms. The van der Waals surface area contributed by atoms with E-state index in [1.165, 1.54) is 0 Å². The maximum Gasteiger partial charge on any atom is 0.336 e. The van der Waals surface area contributed by atoms with Crippen molar-refractivity contribution in [1.29, 1.82) is 0 Å². The molecule has 0 radical (unpaired) electrons. The average Bonchev–Trinajstić information content (AvgIpc) is 2.58. The topological polar surface area (TPSA) is 73.9 Å². The zero-order chi connectivity index (χ0) is 18.4. The minimum atomic E-state index is -0.373. The molecule has 0 aliphatic carbocycles. The predicted molar refractivity (Wildman–Crippen MR) is 100.0 cm³/mol. The number of rotatable bonds is 7. The lowest BCUT2D eigenvalue weighted by Gasteiger charge is -2.32. The van der Waals surface area contributed by atoms with Crippen LogP contribution in [0.5, 0.6) is 0 Å². The second kappa shape index (κ2) is 9.13. The molecule has 2 rings (SSSR count). The van der Waals surface area contributed by atoms with E-state index < -0.39 is 0 Å². The van der Waals surface area contributed by atoms with Crippen LogP contribution in [0.25, 0.3) is 0 Å². The van der Waals surface area contributed by atoms with E-state index in [1.807, 2.05) is 38.1 Å². The van der Waals surface area contributed by atoms with E-state index in [0.29, 0.717) is 36.1 Å². The van der Waals surface area contributed by atoms with E-state index in [1.54, 1.807) is 6.92 Å². The molecule has 1 aromatic rings. The van der Waals surface area contributed by atoms with Crippen LogP contribution in [0.1, 0.15) is 32.3 Å². The van der Waals surface area contributed by atoms with Crippen molar-refractivity contribution in [2.45, 2.75) is 26.7 Å². The van der Waals surface area contributed by atoms with Gasteiger partial charge in [0.2, 0.25) is 0 Å². The highest BCUT2D eigenvalue weighted by molar-refractivity contribution is 6.31. The van der Waals surface area contributed by atoms with E-state index in [2.05, 4.69) is 4.99 Å². The third-order valence-electron chi connectivity index (χ3n) is 4.33. The van der Waals surface area contributed by atoms with Gasteiger partial charge in [-0.15, -0.1) is 0 Å². The molecule has 0 saturated carbocycles. The molecule has 2 atom stereocenters. The molecule has 0 spiro atoms. The number of nitrogens with zero attached hydrogens (tertiary/aromatic N) is 1. The Morgan fingerprint density at radius 3 is 2.72 bits per heavy atom. The second-order valence-corrected chi connectivity index (χ2v) is 6.37. The van der Waals surface area contributed by atoms with Crippen molar-refractivity contribution in [3.63, 3.8) is 0 Å². The Kier molecular flexibility index (Phi) is 7.17. The number of nitrogens with two attached hydrogens (primary N) is 1. The van der Waals surface area contributed by atoms with Crippen LogP contribution in [0.3, 0.4) is 0 Å². The lowest BCUT2D eigenvalue weighted by Crippen LogP contribution is -2.30. The van der Waals surface area contributed by atoms with E-state index >= 15 is 0 Å². The smallest absolute Gasteiger partial charge is 0.336 e. The number of ether oxygens (including phenoxy) is 2. The van der Waals surface area contributed by atoms with Gasteiger partial charge in [0.05, 0.1) is 31.1 Å². The van der Waals surface area contributed by atoms with E-state index in [-0.39, 0.29) is 24.4 Å². The number of hydrogen-bond acceptors (Lipinski definition) is 5. The molecule has 0 fully saturated rings. The number of aliphatic imine (C=N–C) groups is 1. The van der Waals surface area contributed by atoms with Crippen molar-refractivity contribution in [3.8, 4) is 0 Å². The van der Waals surface area contributed by atoms with Gasteiger partial charge >= 0.3 is 5.97 Å².